The first-order valence-electron chi connectivity index (χ1n) is 15.8. The van der Waals surface area contributed by atoms with Crippen LogP contribution in [0.1, 0.15) is 0 Å². The van der Waals surface area contributed by atoms with Gasteiger partial charge in [-0.25, -0.2) is 15.0 Å². The van der Waals surface area contributed by atoms with Crippen LogP contribution < -0.4 is 0 Å². The fraction of sp³-hybridized carbons (Fsp3) is 0. The Morgan fingerprint density at radius 2 is 0.851 bits per heavy atom. The third kappa shape index (κ3) is 4.75. The predicted octanol–water partition coefficient (Wildman–Crippen LogP) is 10.8. The maximum atomic E-state index is 4.94. The Labute approximate surface area is 272 Å². The number of hydrogen-bond acceptors (Lipinski definition) is 3. The van der Waals surface area contributed by atoms with Crippen LogP contribution >= 0.6 is 0 Å². The van der Waals surface area contributed by atoms with Gasteiger partial charge in [-0.3, -0.25) is 0 Å². The highest BCUT2D eigenvalue weighted by Crippen LogP contribution is 2.38. The largest absolute Gasteiger partial charge is 0.309 e. The number of nitrogens with zero attached hydrogens (tertiary/aromatic N) is 4. The van der Waals surface area contributed by atoms with E-state index in [1.54, 1.807) is 0 Å². The van der Waals surface area contributed by atoms with Crippen LogP contribution in [-0.2, 0) is 0 Å². The Morgan fingerprint density at radius 1 is 0.340 bits per heavy atom. The fourth-order valence-corrected chi connectivity index (χ4v) is 6.56. The zero-order valence-electron chi connectivity index (χ0n) is 25.5. The predicted molar refractivity (Wildman–Crippen MR) is 193 cm³/mol. The Morgan fingerprint density at radius 3 is 1.47 bits per heavy atom. The van der Waals surface area contributed by atoms with Gasteiger partial charge in [-0.1, -0.05) is 133 Å². The van der Waals surface area contributed by atoms with E-state index in [0.29, 0.717) is 17.5 Å². The van der Waals surface area contributed by atoms with Gasteiger partial charge in [0.1, 0.15) is 0 Å². The second kappa shape index (κ2) is 11.2. The van der Waals surface area contributed by atoms with E-state index in [1.165, 1.54) is 43.7 Å². The van der Waals surface area contributed by atoms with Gasteiger partial charge in [0.25, 0.3) is 0 Å². The fourth-order valence-electron chi connectivity index (χ4n) is 6.56. The van der Waals surface area contributed by atoms with Gasteiger partial charge in [-0.15, -0.1) is 0 Å². The molecule has 0 N–H and O–H groups in total. The molecule has 0 aliphatic carbocycles. The monoisotopic (exact) mass is 600 g/mol. The van der Waals surface area contributed by atoms with Crippen molar-refractivity contribution in [1.29, 1.82) is 0 Å². The van der Waals surface area contributed by atoms with E-state index in [2.05, 4.69) is 114 Å². The molecule has 0 amide bonds. The number of rotatable bonds is 5. The highest BCUT2D eigenvalue weighted by atomic mass is 15.0. The Bertz CT molecular complexity index is 2480. The van der Waals surface area contributed by atoms with Gasteiger partial charge in [0.2, 0.25) is 0 Å². The summed E-state index contributed by atoms with van der Waals surface area (Å²) in [5, 5.41) is 4.91. The summed E-state index contributed by atoms with van der Waals surface area (Å²) in [4.78, 5) is 14.7. The molecule has 0 bridgehead atoms. The molecule has 0 saturated heterocycles. The zero-order valence-corrected chi connectivity index (χ0v) is 25.5. The summed E-state index contributed by atoms with van der Waals surface area (Å²) in [5.74, 6) is 1.95. The molecule has 47 heavy (non-hydrogen) atoms. The first-order chi connectivity index (χ1) is 23.3. The molecule has 4 heteroatoms. The average molecular weight is 601 g/mol. The summed E-state index contributed by atoms with van der Waals surface area (Å²) in [6.07, 6.45) is 0. The van der Waals surface area contributed by atoms with Gasteiger partial charge in [0, 0.05) is 38.5 Å². The van der Waals surface area contributed by atoms with Crippen molar-refractivity contribution < 1.29 is 0 Å². The second-order valence-electron chi connectivity index (χ2n) is 11.7. The molecular formula is C43H28N4. The highest BCUT2D eigenvalue weighted by molar-refractivity contribution is 6.19. The molecule has 0 fully saturated rings. The van der Waals surface area contributed by atoms with E-state index in [0.717, 1.165) is 22.4 Å². The van der Waals surface area contributed by atoms with E-state index in [-0.39, 0.29) is 0 Å². The third-order valence-corrected chi connectivity index (χ3v) is 8.84. The Balaban J connectivity index is 1.22. The molecule has 0 aliphatic heterocycles. The van der Waals surface area contributed by atoms with Gasteiger partial charge in [0.15, 0.2) is 17.5 Å². The number of aromatic nitrogens is 4. The van der Waals surface area contributed by atoms with Crippen molar-refractivity contribution in [3.8, 4) is 51.0 Å². The maximum Gasteiger partial charge on any atom is 0.164 e. The lowest BCUT2D eigenvalue weighted by Crippen LogP contribution is -2.00. The molecule has 0 aliphatic rings. The lowest BCUT2D eigenvalue weighted by atomic mass is 10.0. The van der Waals surface area contributed by atoms with Crippen LogP contribution in [0.25, 0.3) is 83.6 Å². The van der Waals surface area contributed by atoms with Gasteiger partial charge in [-0.05, 0) is 52.9 Å². The molecule has 2 heterocycles. The van der Waals surface area contributed by atoms with Crippen LogP contribution in [0.15, 0.2) is 170 Å². The minimum atomic E-state index is 0.643. The van der Waals surface area contributed by atoms with Gasteiger partial charge in [-0.2, -0.15) is 0 Å². The van der Waals surface area contributed by atoms with Crippen molar-refractivity contribution in [1.82, 2.24) is 19.5 Å². The molecule has 0 atom stereocenters. The van der Waals surface area contributed by atoms with Crippen LogP contribution in [0.5, 0.6) is 0 Å². The van der Waals surface area contributed by atoms with Crippen LogP contribution in [0.4, 0.5) is 0 Å². The van der Waals surface area contributed by atoms with E-state index in [4.69, 9.17) is 15.0 Å². The standard InChI is InChI=1S/C43H28N4/c1-4-12-29(13-5-1)34-23-27-39-38(28-34)37-26-22-30-14-10-11-19-36(30)40(37)47(39)35-24-20-33(21-25-35)43-45-41(31-15-6-2-7-16-31)44-42(46-43)32-17-8-3-9-18-32/h1-28H. The van der Waals surface area contributed by atoms with Crippen LogP contribution in [0.3, 0.4) is 0 Å². The molecule has 4 nitrogen and oxygen atoms in total. The lowest BCUT2D eigenvalue weighted by molar-refractivity contribution is 1.07. The van der Waals surface area contributed by atoms with Crippen molar-refractivity contribution in [2.45, 2.75) is 0 Å². The summed E-state index contributed by atoms with van der Waals surface area (Å²) in [7, 11) is 0. The number of fused-ring (bicyclic) bond motifs is 5. The molecular weight excluding hydrogens is 573 g/mol. The van der Waals surface area contributed by atoms with Crippen molar-refractivity contribution in [3.05, 3.63) is 170 Å². The van der Waals surface area contributed by atoms with Crippen molar-refractivity contribution in [2.24, 2.45) is 0 Å². The van der Waals surface area contributed by atoms with Crippen molar-refractivity contribution >= 4 is 32.6 Å². The van der Waals surface area contributed by atoms with E-state index >= 15 is 0 Å². The van der Waals surface area contributed by atoms with E-state index < -0.39 is 0 Å². The summed E-state index contributed by atoms with van der Waals surface area (Å²) in [5.41, 5.74) is 8.71. The SMILES string of the molecule is c1ccc(-c2ccc3c(c2)c2ccc4ccccc4c2n3-c2ccc(-c3nc(-c4ccccc4)nc(-c4ccccc4)n3)cc2)cc1. The normalized spacial score (nSPS) is 11.4. The Hall–Kier alpha value is -6.39. The third-order valence-electron chi connectivity index (χ3n) is 8.84. The molecule has 9 aromatic rings. The van der Waals surface area contributed by atoms with Crippen LogP contribution in [0.2, 0.25) is 0 Å². The number of benzene rings is 7. The van der Waals surface area contributed by atoms with Crippen LogP contribution in [0, 0.1) is 0 Å². The lowest BCUT2D eigenvalue weighted by Gasteiger charge is -2.12. The van der Waals surface area contributed by atoms with Gasteiger partial charge in [0.05, 0.1) is 11.0 Å². The number of hydrogen-bond donors (Lipinski definition) is 0. The topological polar surface area (TPSA) is 43.6 Å². The minimum absolute atomic E-state index is 0.643. The molecule has 0 radical (unpaired) electrons. The summed E-state index contributed by atoms with van der Waals surface area (Å²) < 4.78 is 2.39. The summed E-state index contributed by atoms with van der Waals surface area (Å²) in [6.45, 7) is 0. The molecule has 7 aromatic carbocycles. The van der Waals surface area contributed by atoms with Crippen molar-refractivity contribution in [2.75, 3.05) is 0 Å². The van der Waals surface area contributed by atoms with Gasteiger partial charge < -0.3 is 4.57 Å². The molecule has 9 rings (SSSR count). The maximum absolute atomic E-state index is 4.94. The van der Waals surface area contributed by atoms with E-state index in [9.17, 15) is 0 Å². The molecule has 0 spiro atoms. The van der Waals surface area contributed by atoms with E-state index in [1.807, 2.05) is 60.7 Å². The average Bonchev–Trinajstić information content (AvgIpc) is 3.50. The smallest absolute Gasteiger partial charge is 0.164 e. The quantitative estimate of drug-likeness (QED) is 0.197. The molecule has 0 saturated carbocycles. The first-order valence-corrected chi connectivity index (χ1v) is 15.8. The molecule has 220 valence electrons. The first kappa shape index (κ1) is 27.0. The zero-order chi connectivity index (χ0) is 31.2. The van der Waals surface area contributed by atoms with Crippen LogP contribution in [-0.4, -0.2) is 19.5 Å². The minimum Gasteiger partial charge on any atom is -0.309 e. The second-order valence-corrected chi connectivity index (χ2v) is 11.7. The highest BCUT2D eigenvalue weighted by Gasteiger charge is 2.17. The Kier molecular flexibility index (Phi) is 6.43. The molecule has 2 aromatic heterocycles. The van der Waals surface area contributed by atoms with Crippen molar-refractivity contribution in [3.63, 3.8) is 0 Å². The summed E-state index contributed by atoms with van der Waals surface area (Å²) >= 11 is 0. The van der Waals surface area contributed by atoms with Gasteiger partial charge >= 0.3 is 0 Å². The molecule has 0 unspecified atom stereocenters. The summed E-state index contributed by atoms with van der Waals surface area (Å²) in [6, 6.07) is 59.3.